The highest BCUT2D eigenvalue weighted by Crippen LogP contribution is 2.21. The van der Waals surface area contributed by atoms with E-state index in [1.165, 1.54) is 11.3 Å². The highest BCUT2D eigenvalue weighted by atomic mass is 32.1. The molecule has 0 aliphatic carbocycles. The van der Waals surface area contributed by atoms with Gasteiger partial charge in [0.25, 0.3) is 0 Å². The highest BCUT2D eigenvalue weighted by molar-refractivity contribution is 7.08. The molecule has 3 N–H and O–H groups in total. The van der Waals surface area contributed by atoms with E-state index in [1.807, 2.05) is 16.8 Å². The molecule has 3 aromatic heterocycles. The van der Waals surface area contributed by atoms with Crippen LogP contribution >= 0.6 is 11.3 Å². The number of carbonyl (C=O) groups is 1. The summed E-state index contributed by atoms with van der Waals surface area (Å²) in [6, 6.07) is 5.08. The number of hydrogen-bond acceptors (Lipinski definition) is 5. The maximum absolute atomic E-state index is 11.9. The van der Waals surface area contributed by atoms with Crippen molar-refractivity contribution in [2.45, 2.75) is 19.1 Å². The van der Waals surface area contributed by atoms with Crippen LogP contribution in [0.25, 0.3) is 5.65 Å². The quantitative estimate of drug-likeness (QED) is 0.661. The van der Waals surface area contributed by atoms with Crippen molar-refractivity contribution in [3.05, 3.63) is 52.6 Å². The zero-order chi connectivity index (χ0) is 16.3. The van der Waals surface area contributed by atoms with Crippen molar-refractivity contribution in [3.63, 3.8) is 0 Å². The second kappa shape index (κ2) is 6.35. The van der Waals surface area contributed by atoms with Crippen molar-refractivity contribution < 1.29 is 9.90 Å². The second-order valence-electron chi connectivity index (χ2n) is 5.36. The fraction of sp³-hybridized carbons (Fsp3) is 0.267. The summed E-state index contributed by atoms with van der Waals surface area (Å²) in [4.78, 5) is 16.1. The van der Waals surface area contributed by atoms with E-state index in [4.69, 9.17) is 0 Å². The molecule has 0 spiro atoms. The first-order valence-corrected chi connectivity index (χ1v) is 8.05. The summed E-state index contributed by atoms with van der Waals surface area (Å²) in [5, 5.41) is 23.7. The molecule has 23 heavy (non-hydrogen) atoms. The lowest BCUT2D eigenvalue weighted by Crippen LogP contribution is -2.43. The third-order valence-corrected chi connectivity index (χ3v) is 4.22. The molecule has 0 saturated carbocycles. The van der Waals surface area contributed by atoms with Crippen molar-refractivity contribution in [2.24, 2.45) is 0 Å². The van der Waals surface area contributed by atoms with Gasteiger partial charge >= 0.3 is 6.03 Å². The molecule has 1 unspecified atom stereocenters. The standard InChI is InChI=1S/C15H17N5O2S/c1-15(22,11-4-7-23-9-11)10-18-14(21)17-8-12-2-5-16-13-3-6-19-20(12)13/h2-7,9,22H,8,10H2,1H3,(H2,17,18,21). The fourth-order valence-corrected chi connectivity index (χ4v) is 2.96. The third kappa shape index (κ3) is 3.49. The molecule has 120 valence electrons. The Balaban J connectivity index is 1.55. The Morgan fingerprint density at radius 3 is 3.00 bits per heavy atom. The SMILES string of the molecule is CC(O)(CNC(=O)NCc1ccnc2ccnn12)c1ccsc1. The summed E-state index contributed by atoms with van der Waals surface area (Å²) < 4.78 is 1.67. The molecular weight excluding hydrogens is 314 g/mol. The minimum absolute atomic E-state index is 0.128. The Bertz CT molecular complexity index is 797. The topological polar surface area (TPSA) is 91.5 Å². The normalized spacial score (nSPS) is 13.7. The number of hydrogen-bond donors (Lipinski definition) is 3. The van der Waals surface area contributed by atoms with Crippen LogP contribution in [0.4, 0.5) is 4.79 Å². The molecule has 0 aliphatic heterocycles. The largest absolute Gasteiger partial charge is 0.384 e. The third-order valence-electron chi connectivity index (χ3n) is 3.53. The summed E-state index contributed by atoms with van der Waals surface area (Å²) in [5.74, 6) is 0. The number of rotatable bonds is 5. The molecule has 8 heteroatoms. The van der Waals surface area contributed by atoms with Crippen LogP contribution in [0.3, 0.4) is 0 Å². The Kier molecular flexibility index (Phi) is 4.26. The van der Waals surface area contributed by atoms with E-state index in [0.29, 0.717) is 6.54 Å². The first-order valence-electron chi connectivity index (χ1n) is 7.11. The molecule has 7 nitrogen and oxygen atoms in total. The van der Waals surface area contributed by atoms with E-state index >= 15 is 0 Å². The zero-order valence-corrected chi connectivity index (χ0v) is 13.4. The van der Waals surface area contributed by atoms with Gasteiger partial charge in [-0.3, -0.25) is 0 Å². The summed E-state index contributed by atoms with van der Waals surface area (Å²) in [5.41, 5.74) is 1.24. The van der Waals surface area contributed by atoms with Crippen LogP contribution in [0.15, 0.2) is 41.4 Å². The Morgan fingerprint density at radius 1 is 1.35 bits per heavy atom. The Morgan fingerprint density at radius 2 is 2.22 bits per heavy atom. The molecule has 3 heterocycles. The monoisotopic (exact) mass is 331 g/mol. The van der Waals surface area contributed by atoms with Gasteiger partial charge in [-0.25, -0.2) is 14.3 Å². The minimum Gasteiger partial charge on any atom is -0.384 e. The second-order valence-corrected chi connectivity index (χ2v) is 6.14. The maximum atomic E-state index is 11.9. The molecule has 0 saturated heterocycles. The summed E-state index contributed by atoms with van der Waals surface area (Å²) in [7, 11) is 0. The molecule has 1 atom stereocenters. The first kappa shape index (κ1) is 15.4. The van der Waals surface area contributed by atoms with Crippen molar-refractivity contribution >= 4 is 23.0 Å². The van der Waals surface area contributed by atoms with Crippen LogP contribution in [0.2, 0.25) is 0 Å². The number of carbonyl (C=O) groups excluding carboxylic acids is 1. The molecule has 0 aromatic carbocycles. The van der Waals surface area contributed by atoms with E-state index < -0.39 is 5.60 Å². The molecular formula is C15H17N5O2S. The number of urea groups is 1. The summed E-state index contributed by atoms with van der Waals surface area (Å²) in [6.45, 7) is 2.11. The van der Waals surface area contributed by atoms with Gasteiger partial charge in [-0.05, 0) is 35.4 Å². The average Bonchev–Trinajstić information content (AvgIpc) is 3.21. The van der Waals surface area contributed by atoms with Crippen LogP contribution in [0.1, 0.15) is 18.2 Å². The van der Waals surface area contributed by atoms with E-state index in [1.54, 1.807) is 36.0 Å². The number of aromatic nitrogens is 3. The average molecular weight is 331 g/mol. The number of thiophene rings is 1. The van der Waals surface area contributed by atoms with Crippen LogP contribution in [0.5, 0.6) is 0 Å². The predicted octanol–water partition coefficient (Wildman–Crippen LogP) is 1.50. The van der Waals surface area contributed by atoms with E-state index in [-0.39, 0.29) is 12.6 Å². The van der Waals surface area contributed by atoms with Gasteiger partial charge in [0.1, 0.15) is 5.60 Å². The van der Waals surface area contributed by atoms with Crippen LogP contribution < -0.4 is 10.6 Å². The van der Waals surface area contributed by atoms with Crippen molar-refractivity contribution in [2.75, 3.05) is 6.54 Å². The van der Waals surface area contributed by atoms with Crippen LogP contribution in [-0.4, -0.2) is 32.3 Å². The Labute approximate surface area is 137 Å². The molecule has 0 aliphatic rings. The minimum atomic E-state index is -1.09. The van der Waals surface area contributed by atoms with Gasteiger partial charge in [0.05, 0.1) is 25.0 Å². The van der Waals surface area contributed by atoms with Crippen molar-refractivity contribution in [1.29, 1.82) is 0 Å². The van der Waals surface area contributed by atoms with Gasteiger partial charge in [0.15, 0.2) is 5.65 Å². The molecule has 3 rings (SSSR count). The van der Waals surface area contributed by atoms with Gasteiger partial charge in [-0.1, -0.05) is 0 Å². The smallest absolute Gasteiger partial charge is 0.315 e. The lowest BCUT2D eigenvalue weighted by atomic mass is 9.99. The zero-order valence-electron chi connectivity index (χ0n) is 12.6. The molecule has 0 bridgehead atoms. The first-order chi connectivity index (χ1) is 11.1. The van der Waals surface area contributed by atoms with Crippen LogP contribution in [-0.2, 0) is 12.1 Å². The van der Waals surface area contributed by atoms with Crippen molar-refractivity contribution in [3.8, 4) is 0 Å². The van der Waals surface area contributed by atoms with Gasteiger partial charge in [0, 0.05) is 12.3 Å². The summed E-state index contributed by atoms with van der Waals surface area (Å²) in [6.07, 6.45) is 3.33. The number of amides is 2. The van der Waals surface area contributed by atoms with Crippen LogP contribution in [0, 0.1) is 0 Å². The van der Waals surface area contributed by atoms with Gasteiger partial charge in [-0.2, -0.15) is 16.4 Å². The summed E-state index contributed by atoms with van der Waals surface area (Å²) >= 11 is 1.51. The molecule has 3 aromatic rings. The predicted molar refractivity (Wildman–Crippen MR) is 87.1 cm³/mol. The highest BCUT2D eigenvalue weighted by Gasteiger charge is 2.24. The number of nitrogens with zero attached hydrogens (tertiary/aromatic N) is 3. The Hall–Kier alpha value is -2.45. The number of nitrogens with one attached hydrogen (secondary N) is 2. The fourth-order valence-electron chi connectivity index (χ4n) is 2.18. The molecule has 0 fully saturated rings. The number of fused-ring (bicyclic) bond motifs is 1. The van der Waals surface area contributed by atoms with Gasteiger partial charge in [-0.15, -0.1) is 0 Å². The van der Waals surface area contributed by atoms with Gasteiger partial charge in [0.2, 0.25) is 0 Å². The van der Waals surface area contributed by atoms with Crippen molar-refractivity contribution in [1.82, 2.24) is 25.2 Å². The lowest BCUT2D eigenvalue weighted by Gasteiger charge is -2.22. The van der Waals surface area contributed by atoms with Gasteiger partial charge < -0.3 is 15.7 Å². The van der Waals surface area contributed by atoms with E-state index in [0.717, 1.165) is 16.9 Å². The van der Waals surface area contributed by atoms with E-state index in [9.17, 15) is 9.90 Å². The lowest BCUT2D eigenvalue weighted by molar-refractivity contribution is 0.0598. The molecule has 0 radical (unpaired) electrons. The molecule has 2 amide bonds. The van der Waals surface area contributed by atoms with E-state index in [2.05, 4.69) is 20.7 Å². The maximum Gasteiger partial charge on any atom is 0.315 e. The number of aliphatic hydroxyl groups is 1.